The molecule has 3 aromatic carbocycles. The van der Waals surface area contributed by atoms with Crippen molar-refractivity contribution in [2.45, 2.75) is 31.8 Å². The molecule has 2 N–H and O–H groups in total. The Hall–Kier alpha value is -5.05. The Labute approximate surface area is 232 Å². The van der Waals surface area contributed by atoms with Crippen molar-refractivity contribution < 1.29 is 24.0 Å². The number of carbonyl (C=O) groups excluding carboxylic acids is 3. The number of hydrogen-bond acceptors (Lipinski definition) is 6. The van der Waals surface area contributed by atoms with Gasteiger partial charge in [0, 0.05) is 30.7 Å². The van der Waals surface area contributed by atoms with E-state index in [9.17, 15) is 24.5 Å². The number of nitrogens with one attached hydrogen (secondary N) is 2. The molecule has 0 aliphatic rings. The standard InChI is InChI=1S/C31H31N3O6/c1-2-40-30(36)20-16-26(21-24-9-5-3-6-10-24)32-31(37)28(22-25-11-7-4-8-12-25)33-29(35)19-15-23-13-17-27(18-14-23)34(38)39/h3-20,26,28H,2,21-22H2,1H3,(H,32,37)(H,33,35)/b19-15+,20-16+. The van der Waals surface area contributed by atoms with Crippen LogP contribution in [0.25, 0.3) is 6.08 Å². The Bertz CT molecular complexity index is 1340. The molecule has 0 aliphatic carbocycles. The molecule has 3 aromatic rings. The maximum absolute atomic E-state index is 13.5. The first kappa shape index (κ1) is 29.5. The molecule has 2 amide bonds. The van der Waals surface area contributed by atoms with E-state index in [4.69, 9.17) is 4.74 Å². The number of nitro groups is 1. The van der Waals surface area contributed by atoms with Crippen LogP contribution >= 0.6 is 0 Å². The normalized spacial score (nSPS) is 12.5. The Morgan fingerprint density at radius 1 is 0.850 bits per heavy atom. The van der Waals surface area contributed by atoms with E-state index in [0.717, 1.165) is 11.1 Å². The van der Waals surface area contributed by atoms with Crippen molar-refractivity contribution in [3.05, 3.63) is 130 Å². The van der Waals surface area contributed by atoms with Crippen molar-refractivity contribution >= 4 is 29.5 Å². The summed E-state index contributed by atoms with van der Waals surface area (Å²) in [5.41, 5.74) is 2.35. The van der Waals surface area contributed by atoms with Crippen LogP contribution in [0.15, 0.2) is 103 Å². The number of ether oxygens (including phenoxy) is 1. The minimum Gasteiger partial charge on any atom is -0.463 e. The predicted octanol–water partition coefficient (Wildman–Crippen LogP) is 4.18. The molecule has 2 atom stereocenters. The van der Waals surface area contributed by atoms with Gasteiger partial charge in [-0.05, 0) is 48.2 Å². The highest BCUT2D eigenvalue weighted by Gasteiger charge is 2.23. The first-order chi connectivity index (χ1) is 19.3. The third-order valence-corrected chi connectivity index (χ3v) is 5.82. The molecular weight excluding hydrogens is 510 g/mol. The number of hydrogen-bond donors (Lipinski definition) is 2. The summed E-state index contributed by atoms with van der Waals surface area (Å²) in [4.78, 5) is 48.5. The summed E-state index contributed by atoms with van der Waals surface area (Å²) in [5.74, 6) is -1.44. The lowest BCUT2D eigenvalue weighted by Crippen LogP contribution is -2.50. The molecule has 206 valence electrons. The van der Waals surface area contributed by atoms with E-state index >= 15 is 0 Å². The predicted molar refractivity (Wildman–Crippen MR) is 152 cm³/mol. The molecule has 0 bridgehead atoms. The minimum atomic E-state index is -0.911. The van der Waals surface area contributed by atoms with Crippen LogP contribution in [0.5, 0.6) is 0 Å². The first-order valence-corrected chi connectivity index (χ1v) is 12.8. The Kier molecular flexibility index (Phi) is 11.3. The van der Waals surface area contributed by atoms with E-state index in [1.807, 2.05) is 60.7 Å². The first-order valence-electron chi connectivity index (χ1n) is 12.8. The average Bonchev–Trinajstić information content (AvgIpc) is 2.96. The van der Waals surface area contributed by atoms with E-state index in [1.165, 1.54) is 42.5 Å². The van der Waals surface area contributed by atoms with Gasteiger partial charge in [-0.25, -0.2) is 4.79 Å². The van der Waals surface area contributed by atoms with Crippen LogP contribution in [-0.4, -0.2) is 41.4 Å². The van der Waals surface area contributed by atoms with Gasteiger partial charge in [0.1, 0.15) is 6.04 Å². The molecular formula is C31H31N3O6. The van der Waals surface area contributed by atoms with E-state index in [2.05, 4.69) is 10.6 Å². The summed E-state index contributed by atoms with van der Waals surface area (Å²) in [6.45, 7) is 1.94. The fourth-order valence-corrected chi connectivity index (χ4v) is 3.86. The van der Waals surface area contributed by atoms with Gasteiger partial charge in [-0.1, -0.05) is 66.7 Å². The van der Waals surface area contributed by atoms with Crippen LogP contribution < -0.4 is 10.6 Å². The highest BCUT2D eigenvalue weighted by atomic mass is 16.6. The monoisotopic (exact) mass is 541 g/mol. The third kappa shape index (κ3) is 10.0. The Balaban J connectivity index is 1.76. The topological polar surface area (TPSA) is 128 Å². The van der Waals surface area contributed by atoms with Crippen molar-refractivity contribution in [3.8, 4) is 0 Å². The number of benzene rings is 3. The third-order valence-electron chi connectivity index (χ3n) is 5.82. The quantitative estimate of drug-likeness (QED) is 0.145. The van der Waals surface area contributed by atoms with E-state index < -0.39 is 34.8 Å². The summed E-state index contributed by atoms with van der Waals surface area (Å²) < 4.78 is 4.97. The molecule has 9 heteroatoms. The molecule has 2 unspecified atom stereocenters. The number of non-ortho nitro benzene ring substituents is 1. The van der Waals surface area contributed by atoms with Crippen LogP contribution in [0.1, 0.15) is 23.6 Å². The average molecular weight is 542 g/mol. The summed E-state index contributed by atoms with van der Waals surface area (Å²) in [6, 6.07) is 23.1. The number of nitro benzene ring substituents is 1. The highest BCUT2D eigenvalue weighted by Crippen LogP contribution is 2.13. The maximum atomic E-state index is 13.5. The number of rotatable bonds is 13. The second kappa shape index (κ2) is 15.4. The fourth-order valence-electron chi connectivity index (χ4n) is 3.86. The molecule has 0 radical (unpaired) electrons. The number of carbonyl (C=O) groups is 3. The van der Waals surface area contributed by atoms with Gasteiger partial charge in [-0.15, -0.1) is 0 Å². The van der Waals surface area contributed by atoms with Gasteiger partial charge in [-0.3, -0.25) is 19.7 Å². The van der Waals surface area contributed by atoms with Gasteiger partial charge < -0.3 is 15.4 Å². The van der Waals surface area contributed by atoms with E-state index in [0.29, 0.717) is 12.0 Å². The molecule has 40 heavy (non-hydrogen) atoms. The van der Waals surface area contributed by atoms with Gasteiger partial charge in [0.05, 0.1) is 17.6 Å². The molecule has 0 heterocycles. The zero-order chi connectivity index (χ0) is 28.7. The molecule has 0 saturated heterocycles. The van der Waals surface area contributed by atoms with E-state index in [-0.39, 0.29) is 18.7 Å². The molecule has 0 aromatic heterocycles. The second-order valence-corrected chi connectivity index (χ2v) is 8.85. The summed E-state index contributed by atoms with van der Waals surface area (Å²) >= 11 is 0. The zero-order valence-corrected chi connectivity index (χ0v) is 22.1. The van der Waals surface area contributed by atoms with Gasteiger partial charge in [0.25, 0.3) is 5.69 Å². The van der Waals surface area contributed by atoms with Crippen LogP contribution in [0.2, 0.25) is 0 Å². The molecule has 0 aliphatic heterocycles. The lowest BCUT2D eigenvalue weighted by molar-refractivity contribution is -0.384. The van der Waals surface area contributed by atoms with Crippen molar-refractivity contribution in [3.63, 3.8) is 0 Å². The van der Waals surface area contributed by atoms with Gasteiger partial charge >= 0.3 is 5.97 Å². The van der Waals surface area contributed by atoms with Crippen molar-refractivity contribution in [2.75, 3.05) is 6.61 Å². The number of nitrogens with zero attached hydrogens (tertiary/aromatic N) is 1. The van der Waals surface area contributed by atoms with Crippen molar-refractivity contribution in [2.24, 2.45) is 0 Å². The lowest BCUT2D eigenvalue weighted by atomic mass is 10.0. The SMILES string of the molecule is CCOC(=O)/C=C/C(Cc1ccccc1)NC(=O)C(Cc1ccccc1)NC(=O)/C=C/c1ccc([N+](=O)[O-])cc1. The van der Waals surface area contributed by atoms with Crippen LogP contribution in [-0.2, 0) is 32.0 Å². The second-order valence-electron chi connectivity index (χ2n) is 8.85. The summed E-state index contributed by atoms with van der Waals surface area (Å²) in [5, 5.41) is 16.6. The summed E-state index contributed by atoms with van der Waals surface area (Å²) in [6.07, 6.45) is 6.32. The largest absolute Gasteiger partial charge is 0.463 e. The summed E-state index contributed by atoms with van der Waals surface area (Å²) in [7, 11) is 0. The molecule has 9 nitrogen and oxygen atoms in total. The van der Waals surface area contributed by atoms with Crippen molar-refractivity contribution in [1.82, 2.24) is 10.6 Å². The smallest absolute Gasteiger partial charge is 0.330 e. The van der Waals surface area contributed by atoms with Crippen LogP contribution in [0.3, 0.4) is 0 Å². The fraction of sp³-hybridized carbons (Fsp3) is 0.194. The molecule has 0 fully saturated rings. The van der Waals surface area contributed by atoms with Crippen LogP contribution in [0, 0.1) is 10.1 Å². The molecule has 0 saturated carbocycles. The van der Waals surface area contributed by atoms with E-state index in [1.54, 1.807) is 13.0 Å². The number of amides is 2. The van der Waals surface area contributed by atoms with Crippen LogP contribution in [0.4, 0.5) is 5.69 Å². The van der Waals surface area contributed by atoms with Gasteiger partial charge in [-0.2, -0.15) is 0 Å². The Morgan fingerprint density at radius 2 is 1.45 bits per heavy atom. The van der Waals surface area contributed by atoms with Crippen molar-refractivity contribution in [1.29, 1.82) is 0 Å². The lowest BCUT2D eigenvalue weighted by Gasteiger charge is -2.22. The number of esters is 1. The minimum absolute atomic E-state index is 0.0525. The highest BCUT2D eigenvalue weighted by molar-refractivity contribution is 5.95. The molecule has 3 rings (SSSR count). The zero-order valence-electron chi connectivity index (χ0n) is 22.1. The molecule has 0 spiro atoms. The van der Waals surface area contributed by atoms with Gasteiger partial charge in [0.2, 0.25) is 11.8 Å². The Morgan fingerprint density at radius 3 is 2.02 bits per heavy atom. The maximum Gasteiger partial charge on any atom is 0.330 e. The van der Waals surface area contributed by atoms with Gasteiger partial charge in [0.15, 0.2) is 0 Å².